The van der Waals surface area contributed by atoms with E-state index in [0.717, 1.165) is 12.2 Å². The zero-order valence-electron chi connectivity index (χ0n) is 7.33. The first kappa shape index (κ1) is 15.2. The molecule has 0 saturated heterocycles. The first-order valence-corrected chi connectivity index (χ1v) is 5.45. The maximum absolute atomic E-state index is 9.00. The summed E-state index contributed by atoms with van der Waals surface area (Å²) >= 11 is 0. The van der Waals surface area contributed by atoms with Crippen molar-refractivity contribution in [3.63, 3.8) is 0 Å². The van der Waals surface area contributed by atoms with Gasteiger partial charge < -0.3 is 5.11 Å². The molecule has 0 aromatic carbocycles. The van der Waals surface area contributed by atoms with E-state index in [9.17, 15) is 0 Å². The number of carbonyl (C=O) groups is 1. The second-order valence-electron chi connectivity index (χ2n) is 2.18. The summed E-state index contributed by atoms with van der Waals surface area (Å²) in [5, 5.41) is 8.16. The summed E-state index contributed by atoms with van der Waals surface area (Å²) in [5.74, 6) is -0.833. The monoisotopic (exact) mass is 312 g/mol. The van der Waals surface area contributed by atoms with E-state index in [1.807, 2.05) is 21.6 Å². The van der Waals surface area contributed by atoms with E-state index in [-0.39, 0.29) is 23.9 Å². The molecule has 0 amide bonds. The maximum Gasteiger partial charge on any atom is 0.300 e. The third-order valence-corrected chi connectivity index (χ3v) is 3.72. The standard InChI is InChI=1S/C5H8S2.C2H4O2.Sn/c1-4-3-5(2)7-6-4;1-2(3)4;/h3-4H,1-2H3;1H3,(H,3,4);. The van der Waals surface area contributed by atoms with Crippen molar-refractivity contribution in [3.05, 3.63) is 11.0 Å². The van der Waals surface area contributed by atoms with E-state index in [2.05, 4.69) is 19.9 Å². The summed E-state index contributed by atoms with van der Waals surface area (Å²) in [6, 6.07) is 0. The number of rotatable bonds is 0. The Balaban J connectivity index is 0. The Morgan fingerprint density at radius 3 is 2.17 bits per heavy atom. The zero-order chi connectivity index (χ0) is 8.85. The molecule has 0 aliphatic carbocycles. The minimum Gasteiger partial charge on any atom is -0.481 e. The van der Waals surface area contributed by atoms with Crippen molar-refractivity contribution in [2.75, 3.05) is 0 Å². The van der Waals surface area contributed by atoms with Crippen LogP contribution in [-0.2, 0) is 4.79 Å². The van der Waals surface area contributed by atoms with E-state index in [1.54, 1.807) is 0 Å². The number of allylic oxidation sites excluding steroid dienone is 1. The molecule has 1 atom stereocenters. The molecule has 0 fully saturated rings. The SMILES string of the molecule is CC(=O)O.CC1=CC(C)SS1.[Sn]. The van der Waals surface area contributed by atoms with E-state index in [4.69, 9.17) is 9.90 Å². The van der Waals surface area contributed by atoms with E-state index in [1.165, 1.54) is 4.91 Å². The van der Waals surface area contributed by atoms with Gasteiger partial charge in [0.05, 0.1) is 0 Å². The number of carboxylic acid groups (broad SMARTS) is 1. The molecule has 0 spiro atoms. The van der Waals surface area contributed by atoms with Crippen LogP contribution in [0.1, 0.15) is 20.8 Å². The van der Waals surface area contributed by atoms with Crippen molar-refractivity contribution >= 4 is 51.5 Å². The summed E-state index contributed by atoms with van der Waals surface area (Å²) < 4.78 is 0. The Morgan fingerprint density at radius 1 is 1.67 bits per heavy atom. The van der Waals surface area contributed by atoms with Crippen LogP contribution in [0, 0.1) is 0 Å². The molecule has 1 N–H and O–H groups in total. The van der Waals surface area contributed by atoms with E-state index in [0.29, 0.717) is 0 Å². The van der Waals surface area contributed by atoms with Crippen molar-refractivity contribution < 1.29 is 9.90 Å². The molecule has 1 heterocycles. The quantitative estimate of drug-likeness (QED) is 0.550. The normalized spacial score (nSPS) is 19.9. The van der Waals surface area contributed by atoms with Crippen LogP contribution in [0.5, 0.6) is 0 Å². The van der Waals surface area contributed by atoms with Gasteiger partial charge in [-0.15, -0.1) is 0 Å². The van der Waals surface area contributed by atoms with Gasteiger partial charge in [-0.05, 0) is 18.8 Å². The number of carboxylic acids is 1. The largest absolute Gasteiger partial charge is 0.481 e. The van der Waals surface area contributed by atoms with Gasteiger partial charge in [0, 0.05) is 36.1 Å². The first-order valence-electron chi connectivity index (χ1n) is 3.23. The summed E-state index contributed by atoms with van der Waals surface area (Å²) in [6.45, 7) is 5.45. The van der Waals surface area contributed by atoms with Crippen LogP contribution in [0.2, 0.25) is 0 Å². The van der Waals surface area contributed by atoms with Crippen molar-refractivity contribution in [1.82, 2.24) is 0 Å². The zero-order valence-corrected chi connectivity index (χ0v) is 11.8. The Hall–Kier alpha value is 0.709. The van der Waals surface area contributed by atoms with Gasteiger partial charge in [-0.25, -0.2) is 0 Å². The Labute approximate surface area is 97.9 Å². The third-order valence-electron chi connectivity index (χ3n) is 0.801. The summed E-state index contributed by atoms with van der Waals surface area (Å²) in [4.78, 5) is 10.5. The Bertz CT molecular complexity index is 167. The second kappa shape index (κ2) is 8.31. The average molecular weight is 311 g/mol. The van der Waals surface area contributed by atoms with Gasteiger partial charge in [-0.1, -0.05) is 27.7 Å². The van der Waals surface area contributed by atoms with Gasteiger partial charge in [-0.2, -0.15) is 0 Å². The van der Waals surface area contributed by atoms with Gasteiger partial charge in [-0.3, -0.25) is 4.79 Å². The summed E-state index contributed by atoms with van der Waals surface area (Å²) in [5.41, 5.74) is 0. The van der Waals surface area contributed by atoms with E-state index >= 15 is 0 Å². The van der Waals surface area contributed by atoms with Gasteiger partial charge >= 0.3 is 0 Å². The Kier molecular flexibility index (Phi) is 10.5. The predicted molar refractivity (Wildman–Crippen MR) is 57.5 cm³/mol. The molecule has 1 aliphatic rings. The van der Waals surface area contributed by atoms with Crippen LogP contribution in [0.15, 0.2) is 11.0 Å². The van der Waals surface area contributed by atoms with Crippen LogP contribution >= 0.6 is 21.6 Å². The van der Waals surface area contributed by atoms with Crippen molar-refractivity contribution in [2.45, 2.75) is 26.0 Å². The fourth-order valence-electron chi connectivity index (χ4n) is 0.538. The van der Waals surface area contributed by atoms with E-state index < -0.39 is 5.97 Å². The van der Waals surface area contributed by atoms with Gasteiger partial charge in [0.1, 0.15) is 0 Å². The predicted octanol–water partition coefficient (Wildman–Crippen LogP) is 2.38. The molecule has 1 rings (SSSR count). The molecular weight excluding hydrogens is 299 g/mol. The molecule has 12 heavy (non-hydrogen) atoms. The average Bonchev–Trinajstić information content (AvgIpc) is 2.13. The van der Waals surface area contributed by atoms with Gasteiger partial charge in [0.25, 0.3) is 5.97 Å². The number of aliphatic carboxylic acids is 1. The third kappa shape index (κ3) is 10.7. The van der Waals surface area contributed by atoms with Crippen molar-refractivity contribution in [2.24, 2.45) is 0 Å². The number of hydrogen-bond acceptors (Lipinski definition) is 3. The summed E-state index contributed by atoms with van der Waals surface area (Å²) in [6.07, 6.45) is 2.29. The minimum atomic E-state index is -0.833. The molecule has 0 bridgehead atoms. The molecule has 5 heteroatoms. The summed E-state index contributed by atoms with van der Waals surface area (Å²) in [7, 11) is 3.81. The van der Waals surface area contributed by atoms with Gasteiger partial charge in [0.15, 0.2) is 0 Å². The molecule has 1 unspecified atom stereocenters. The minimum absolute atomic E-state index is 0. The molecule has 0 saturated carbocycles. The molecule has 0 aromatic heterocycles. The van der Waals surface area contributed by atoms with Crippen LogP contribution in [0.3, 0.4) is 0 Å². The molecule has 0 aromatic rings. The van der Waals surface area contributed by atoms with Crippen molar-refractivity contribution in [3.8, 4) is 0 Å². The van der Waals surface area contributed by atoms with Crippen LogP contribution in [0.25, 0.3) is 0 Å². The molecule has 1 aliphatic heterocycles. The molecule has 2 nitrogen and oxygen atoms in total. The van der Waals surface area contributed by atoms with Crippen LogP contribution in [0.4, 0.5) is 0 Å². The molecular formula is C7H12O2S2Sn. The second-order valence-corrected chi connectivity index (χ2v) is 5.00. The molecule has 4 radical (unpaired) electrons. The first-order chi connectivity index (χ1) is 5.02. The fraction of sp³-hybridized carbons (Fsp3) is 0.571. The van der Waals surface area contributed by atoms with Crippen molar-refractivity contribution in [1.29, 1.82) is 0 Å². The maximum atomic E-state index is 9.00. The smallest absolute Gasteiger partial charge is 0.300 e. The Morgan fingerprint density at radius 2 is 2.08 bits per heavy atom. The fourth-order valence-corrected chi connectivity index (χ4v) is 2.69. The van der Waals surface area contributed by atoms with Crippen LogP contribution in [-0.4, -0.2) is 40.2 Å². The topological polar surface area (TPSA) is 37.3 Å². The van der Waals surface area contributed by atoms with Crippen LogP contribution < -0.4 is 0 Å². The number of hydrogen-bond donors (Lipinski definition) is 1. The van der Waals surface area contributed by atoms with Gasteiger partial charge in [0.2, 0.25) is 0 Å². The molecule has 68 valence electrons.